The van der Waals surface area contributed by atoms with Crippen LogP contribution in [0.15, 0.2) is 72.4 Å². The fourth-order valence-electron chi connectivity index (χ4n) is 4.04. The van der Waals surface area contributed by atoms with Gasteiger partial charge >= 0.3 is 23.1 Å². The largest absolute Gasteiger partial charge is 0.511 e. The van der Waals surface area contributed by atoms with Crippen LogP contribution in [0.5, 0.6) is 0 Å². The number of sulfonamides is 1. The first-order chi connectivity index (χ1) is 15.1. The molecule has 0 spiro atoms. The Kier molecular flexibility index (Phi) is 4.74. The average Bonchev–Trinajstić information content (AvgIpc) is 3.43. The van der Waals surface area contributed by atoms with Crippen molar-refractivity contribution >= 4 is 17.6 Å². The maximum absolute atomic E-state index is 14.3. The molecule has 5 rings (SSSR count). The van der Waals surface area contributed by atoms with E-state index in [4.69, 9.17) is 9.47 Å². The molecule has 2 saturated heterocycles. The molecule has 8 nitrogen and oxygen atoms in total. The van der Waals surface area contributed by atoms with E-state index >= 15 is 0 Å². The second-order valence-corrected chi connectivity index (χ2v) is 11.5. The van der Waals surface area contributed by atoms with Gasteiger partial charge in [0.15, 0.2) is 0 Å². The molecule has 3 aliphatic heterocycles. The van der Waals surface area contributed by atoms with E-state index in [1.807, 2.05) is 0 Å². The Balaban J connectivity index is 1.65. The second-order valence-electron chi connectivity index (χ2n) is 7.36. The molecule has 2 atom stereocenters. The van der Waals surface area contributed by atoms with E-state index in [9.17, 15) is 26.2 Å². The third-order valence-corrected chi connectivity index (χ3v) is 10.1. The lowest BCUT2D eigenvalue weighted by Gasteiger charge is -2.35. The Hall–Kier alpha value is -2.69. The van der Waals surface area contributed by atoms with Crippen molar-refractivity contribution in [2.75, 3.05) is 13.2 Å². The van der Waals surface area contributed by atoms with Crippen molar-refractivity contribution in [3.05, 3.63) is 83.6 Å². The van der Waals surface area contributed by atoms with E-state index in [-0.39, 0.29) is 25.0 Å². The Bertz CT molecular complexity index is 1150. The lowest BCUT2D eigenvalue weighted by Crippen LogP contribution is -2.41. The molecule has 1 N–H and O–H groups in total. The van der Waals surface area contributed by atoms with Crippen molar-refractivity contribution in [2.24, 2.45) is 0 Å². The van der Waals surface area contributed by atoms with Gasteiger partial charge in [0, 0.05) is 0 Å². The zero-order valence-corrected chi connectivity index (χ0v) is 18.0. The lowest BCUT2D eigenvalue weighted by molar-refractivity contribution is -0.0442. The average molecular weight is 487 g/mol. The van der Waals surface area contributed by atoms with Gasteiger partial charge in [-0.3, -0.25) is 4.57 Å². The quantitative estimate of drug-likeness (QED) is 0.656. The molecule has 3 heterocycles. The molecule has 32 heavy (non-hydrogen) atoms. The maximum atomic E-state index is 14.3. The van der Waals surface area contributed by atoms with E-state index < -0.39 is 35.2 Å². The summed E-state index contributed by atoms with van der Waals surface area (Å²) in [6, 6.07) is 15.6. The van der Waals surface area contributed by atoms with E-state index in [1.54, 1.807) is 60.7 Å². The van der Waals surface area contributed by atoms with E-state index in [2.05, 4.69) is 0 Å². The zero-order valence-electron chi connectivity index (χ0n) is 16.3. The molecule has 13 heteroatoms. The minimum absolute atomic E-state index is 0.0339. The smallest absolute Gasteiger partial charge is 0.472 e. The minimum atomic E-state index is -5.96. The van der Waals surface area contributed by atoms with Crippen LogP contribution >= 0.6 is 7.59 Å². The molecule has 2 aromatic rings. The molecule has 0 unspecified atom stereocenters. The van der Waals surface area contributed by atoms with Crippen LogP contribution in [0.1, 0.15) is 23.2 Å². The highest BCUT2D eigenvalue weighted by Crippen LogP contribution is 2.70. The van der Waals surface area contributed by atoms with Gasteiger partial charge in [-0.1, -0.05) is 60.7 Å². The Morgan fingerprint density at radius 1 is 0.844 bits per heavy atom. The molecular weight excluding hydrogens is 470 g/mol. The van der Waals surface area contributed by atoms with Crippen molar-refractivity contribution < 1.29 is 35.6 Å². The Morgan fingerprint density at radius 3 is 1.62 bits per heavy atom. The number of alkyl halides is 3. The van der Waals surface area contributed by atoms with E-state index in [0.717, 1.165) is 9.34 Å². The number of hydrogen-bond donors (Lipinski definition) is 1. The summed E-state index contributed by atoms with van der Waals surface area (Å²) >= 11 is 0. The van der Waals surface area contributed by atoms with Gasteiger partial charge in [-0.25, -0.2) is 17.8 Å². The van der Waals surface area contributed by atoms with Crippen molar-refractivity contribution in [2.45, 2.75) is 17.6 Å². The predicted octanol–water partition coefficient (Wildman–Crippen LogP) is 3.82. The Labute approximate surface area is 181 Å². The molecule has 0 aliphatic carbocycles. The number of halogens is 3. The first-order valence-corrected chi connectivity index (χ1v) is 12.6. The second kappa shape index (κ2) is 7.16. The summed E-state index contributed by atoms with van der Waals surface area (Å²) in [5, 5.41) is 0. The van der Waals surface area contributed by atoms with Crippen molar-refractivity contribution in [3.8, 4) is 0 Å². The molecule has 0 bridgehead atoms. The van der Waals surface area contributed by atoms with Gasteiger partial charge in [-0.15, -0.1) is 4.49 Å². The van der Waals surface area contributed by atoms with Crippen LogP contribution in [0.4, 0.5) is 13.2 Å². The highest BCUT2D eigenvalue weighted by atomic mass is 32.2. The summed E-state index contributed by atoms with van der Waals surface area (Å²) in [6.45, 7) is -0.0679. The minimum Gasteiger partial charge on any atom is -0.472 e. The topological polar surface area (TPSA) is 88.2 Å². The van der Waals surface area contributed by atoms with Gasteiger partial charge in [0.05, 0.1) is 0 Å². The highest BCUT2D eigenvalue weighted by Gasteiger charge is 2.64. The molecule has 0 aromatic heterocycles. The number of nitrogens with zero attached hydrogens (tertiary/aromatic N) is 2. The van der Waals surface area contributed by atoms with Crippen LogP contribution in [-0.2, 0) is 24.1 Å². The standard InChI is InChI=1S/C19H17F3N3O5PS/c20-19(21,22)32(27,28)23-31(26)24-15(13-7-3-1-4-8-13)11-29-17(24)18-25(31)16(12-30-18)14-9-5-2-6-10-14/h1-10,15-16H,11-12H2,(H,23,26)/t15-,16-/m1/s1. The van der Waals surface area contributed by atoms with Crippen LogP contribution < -0.4 is 4.49 Å². The summed E-state index contributed by atoms with van der Waals surface area (Å²) < 4.78 is 93.5. The van der Waals surface area contributed by atoms with Crippen LogP contribution in [0.2, 0.25) is 0 Å². The molecule has 2 fully saturated rings. The molecule has 2 aromatic carbocycles. The molecule has 0 amide bonds. The third-order valence-electron chi connectivity index (χ3n) is 5.44. The summed E-state index contributed by atoms with van der Waals surface area (Å²) in [4.78, 5) is 0. The fourth-order valence-corrected chi connectivity index (χ4v) is 8.55. The summed E-state index contributed by atoms with van der Waals surface area (Å²) in [6.07, 6.45) is 0. The summed E-state index contributed by atoms with van der Waals surface area (Å²) in [7, 11) is -10.6. The third kappa shape index (κ3) is 3.08. The number of fused-ring (bicyclic) bond motifs is 2. The number of ether oxygens (including phenoxy) is 2. The van der Waals surface area contributed by atoms with Crippen LogP contribution in [0.25, 0.3) is 0 Å². The maximum Gasteiger partial charge on any atom is 0.511 e. The van der Waals surface area contributed by atoms with Crippen LogP contribution in [-0.4, -0.2) is 36.5 Å². The van der Waals surface area contributed by atoms with Gasteiger partial charge in [0.1, 0.15) is 25.3 Å². The normalized spacial score (nSPS) is 24.2. The van der Waals surface area contributed by atoms with Crippen molar-refractivity contribution in [1.82, 2.24) is 13.8 Å². The van der Waals surface area contributed by atoms with Crippen molar-refractivity contribution in [3.63, 3.8) is 0 Å². The van der Waals surface area contributed by atoms with Gasteiger partial charge in [-0.2, -0.15) is 13.2 Å². The molecule has 0 radical (unpaired) electrons. The fraction of sp³-hybridized carbons (Fsp3) is 0.263. The summed E-state index contributed by atoms with van der Waals surface area (Å²) in [5.74, 6) is -0.101. The Morgan fingerprint density at radius 2 is 1.25 bits per heavy atom. The van der Waals surface area contributed by atoms with Gasteiger partial charge in [0.2, 0.25) is 0 Å². The van der Waals surface area contributed by atoms with Crippen molar-refractivity contribution in [1.29, 1.82) is 0 Å². The van der Waals surface area contributed by atoms with E-state index in [1.165, 1.54) is 4.49 Å². The SMILES string of the molecule is O=P1(NS(=O)(=O)C(F)(F)F)N2C(=C3OC[C@H](c4ccccc4)N31)OC[C@@H]2c1ccccc1. The molecule has 3 aliphatic rings. The highest BCUT2D eigenvalue weighted by molar-refractivity contribution is 7.96. The van der Waals surface area contributed by atoms with Crippen LogP contribution in [0, 0.1) is 0 Å². The van der Waals surface area contributed by atoms with Gasteiger partial charge in [-0.05, 0) is 11.1 Å². The molecule has 170 valence electrons. The molecule has 0 saturated carbocycles. The number of hydrogen-bond acceptors (Lipinski definition) is 5. The monoisotopic (exact) mass is 487 g/mol. The van der Waals surface area contributed by atoms with Gasteiger partial charge < -0.3 is 9.47 Å². The predicted molar refractivity (Wildman–Crippen MR) is 107 cm³/mol. The number of nitrogens with one attached hydrogen (secondary N) is 1. The first-order valence-electron chi connectivity index (χ1n) is 9.53. The zero-order chi connectivity index (χ0) is 22.7. The molecular formula is C19H17F3N3O5PS. The lowest BCUT2D eigenvalue weighted by atomic mass is 10.1. The van der Waals surface area contributed by atoms with Gasteiger partial charge in [0.25, 0.3) is 11.8 Å². The van der Waals surface area contributed by atoms with Crippen LogP contribution in [0.3, 0.4) is 0 Å². The first kappa shape index (κ1) is 21.2. The van der Waals surface area contributed by atoms with E-state index in [0.29, 0.717) is 11.1 Å². The number of benzene rings is 2. The number of rotatable bonds is 4. The summed E-state index contributed by atoms with van der Waals surface area (Å²) in [5.41, 5.74) is -4.45.